The van der Waals surface area contributed by atoms with Gasteiger partial charge >= 0.3 is 0 Å². The fraction of sp³-hybridized carbons (Fsp3) is 0.550. The molecule has 1 aromatic heterocycles. The number of benzene rings is 1. The Hall–Kier alpha value is -1.82. The van der Waals surface area contributed by atoms with E-state index in [1.54, 1.807) is 0 Å². The monoisotopic (exact) mass is 374 g/mol. The lowest BCUT2D eigenvalue weighted by atomic mass is 9.87. The molecular formula is C20H30N4OS. The molecule has 6 heteroatoms. The highest BCUT2D eigenvalue weighted by atomic mass is 32.2. The van der Waals surface area contributed by atoms with Crippen molar-refractivity contribution in [1.82, 2.24) is 20.1 Å². The van der Waals surface area contributed by atoms with E-state index in [-0.39, 0.29) is 17.4 Å². The molecule has 142 valence electrons. The topological polar surface area (TPSA) is 59.8 Å². The van der Waals surface area contributed by atoms with Crippen molar-refractivity contribution in [3.63, 3.8) is 0 Å². The molecule has 5 nitrogen and oxygen atoms in total. The average Bonchev–Trinajstić information content (AvgIpc) is 2.98. The second-order valence-corrected chi connectivity index (χ2v) is 8.50. The molecule has 0 saturated heterocycles. The lowest BCUT2D eigenvalue weighted by Crippen LogP contribution is -2.35. The van der Waals surface area contributed by atoms with Gasteiger partial charge in [0.15, 0.2) is 11.0 Å². The molecule has 0 radical (unpaired) electrons. The summed E-state index contributed by atoms with van der Waals surface area (Å²) in [6, 6.07) is 8.69. The lowest BCUT2D eigenvalue weighted by Gasteiger charge is -2.19. The second-order valence-electron chi connectivity index (χ2n) is 7.56. The minimum absolute atomic E-state index is 0.0442. The number of carbonyl (C=O) groups is 1. The van der Waals surface area contributed by atoms with Crippen LogP contribution in [0, 0.1) is 0 Å². The number of thioether (sulfide) groups is 1. The Morgan fingerprint density at radius 3 is 2.31 bits per heavy atom. The Balaban J connectivity index is 2.04. The van der Waals surface area contributed by atoms with Crippen LogP contribution >= 0.6 is 11.8 Å². The van der Waals surface area contributed by atoms with Crippen molar-refractivity contribution < 1.29 is 4.79 Å². The van der Waals surface area contributed by atoms with Crippen LogP contribution in [0.1, 0.15) is 53.0 Å². The van der Waals surface area contributed by atoms with Crippen molar-refractivity contribution in [3.05, 3.63) is 29.8 Å². The Kier molecular flexibility index (Phi) is 6.87. The molecule has 0 atom stereocenters. The molecule has 0 spiro atoms. The van der Waals surface area contributed by atoms with Gasteiger partial charge in [-0.2, -0.15) is 0 Å². The van der Waals surface area contributed by atoms with Crippen LogP contribution in [-0.2, 0) is 17.3 Å². The van der Waals surface area contributed by atoms with Crippen molar-refractivity contribution in [1.29, 1.82) is 0 Å². The molecule has 2 rings (SSSR count). The van der Waals surface area contributed by atoms with Gasteiger partial charge < -0.3 is 9.88 Å². The minimum atomic E-state index is 0.0442. The van der Waals surface area contributed by atoms with Crippen LogP contribution in [0.15, 0.2) is 29.4 Å². The molecule has 0 saturated carbocycles. The number of amides is 1. The summed E-state index contributed by atoms with van der Waals surface area (Å²) in [6.07, 6.45) is 1.90. The number of carbonyl (C=O) groups excluding carboxylic acids is 1. The zero-order valence-corrected chi connectivity index (χ0v) is 17.5. The van der Waals surface area contributed by atoms with Crippen molar-refractivity contribution in [2.75, 3.05) is 5.75 Å². The van der Waals surface area contributed by atoms with E-state index in [1.165, 1.54) is 17.3 Å². The number of nitrogens with zero attached hydrogens (tertiary/aromatic N) is 3. The molecule has 0 fully saturated rings. The summed E-state index contributed by atoms with van der Waals surface area (Å²) in [5, 5.41) is 12.4. The van der Waals surface area contributed by atoms with Gasteiger partial charge in [-0.05, 0) is 23.8 Å². The van der Waals surface area contributed by atoms with Gasteiger partial charge in [0, 0.05) is 18.7 Å². The third-order valence-corrected chi connectivity index (χ3v) is 5.55. The van der Waals surface area contributed by atoms with Crippen molar-refractivity contribution in [2.45, 2.75) is 64.1 Å². The van der Waals surface area contributed by atoms with Crippen LogP contribution in [0.5, 0.6) is 0 Å². The van der Waals surface area contributed by atoms with E-state index in [4.69, 9.17) is 0 Å². The van der Waals surface area contributed by atoms with Crippen LogP contribution in [0.2, 0.25) is 0 Å². The van der Waals surface area contributed by atoms with Crippen molar-refractivity contribution in [2.24, 2.45) is 7.05 Å². The molecule has 1 amide bonds. The Morgan fingerprint density at radius 1 is 1.15 bits per heavy atom. The molecule has 0 unspecified atom stereocenters. The van der Waals surface area contributed by atoms with E-state index in [1.807, 2.05) is 11.6 Å². The minimum Gasteiger partial charge on any atom is -0.353 e. The summed E-state index contributed by atoms with van der Waals surface area (Å²) in [5.74, 6) is 1.21. The van der Waals surface area contributed by atoms with Gasteiger partial charge in [0.05, 0.1) is 5.75 Å². The van der Waals surface area contributed by atoms with E-state index >= 15 is 0 Å². The maximum Gasteiger partial charge on any atom is 0.230 e. The van der Waals surface area contributed by atoms with Gasteiger partial charge in [-0.15, -0.1) is 10.2 Å². The second kappa shape index (κ2) is 8.71. The highest BCUT2D eigenvalue weighted by Gasteiger charge is 2.16. The molecule has 0 bridgehead atoms. The van der Waals surface area contributed by atoms with E-state index in [0.717, 1.165) is 29.4 Å². The van der Waals surface area contributed by atoms with Gasteiger partial charge in [-0.1, -0.05) is 70.6 Å². The molecular weight excluding hydrogens is 344 g/mol. The molecule has 2 aromatic rings. The first kappa shape index (κ1) is 20.5. The highest BCUT2D eigenvalue weighted by molar-refractivity contribution is 7.99. The summed E-state index contributed by atoms with van der Waals surface area (Å²) in [5.41, 5.74) is 2.44. The van der Waals surface area contributed by atoms with Crippen LogP contribution in [0.3, 0.4) is 0 Å². The average molecular weight is 375 g/mol. The molecule has 26 heavy (non-hydrogen) atoms. The molecule has 0 aliphatic carbocycles. The number of aromatic nitrogens is 3. The number of nitrogens with one attached hydrogen (secondary N) is 1. The SMILES string of the molecule is CCC(CC)NC(=O)CSc1nnc(-c2ccc(C(C)(C)C)cc2)n1C. The van der Waals surface area contributed by atoms with Gasteiger partial charge in [0.25, 0.3) is 0 Å². The molecule has 1 N–H and O–H groups in total. The highest BCUT2D eigenvalue weighted by Crippen LogP contribution is 2.26. The molecule has 1 heterocycles. The summed E-state index contributed by atoms with van der Waals surface area (Å²) in [7, 11) is 1.94. The fourth-order valence-corrected chi connectivity index (χ4v) is 3.43. The summed E-state index contributed by atoms with van der Waals surface area (Å²) < 4.78 is 1.95. The molecule has 0 aliphatic heterocycles. The number of rotatable bonds is 7. The smallest absolute Gasteiger partial charge is 0.230 e. The Labute approximate surface area is 161 Å². The maximum atomic E-state index is 12.1. The maximum absolute atomic E-state index is 12.1. The predicted molar refractivity (Wildman–Crippen MR) is 108 cm³/mol. The van der Waals surface area contributed by atoms with Crippen molar-refractivity contribution in [3.8, 4) is 11.4 Å². The van der Waals surface area contributed by atoms with Crippen LogP contribution in [-0.4, -0.2) is 32.5 Å². The first-order valence-electron chi connectivity index (χ1n) is 9.18. The van der Waals surface area contributed by atoms with E-state index in [0.29, 0.717) is 5.75 Å². The van der Waals surface area contributed by atoms with Gasteiger partial charge in [0.1, 0.15) is 0 Å². The van der Waals surface area contributed by atoms with E-state index in [2.05, 4.69) is 74.4 Å². The Morgan fingerprint density at radius 2 is 1.77 bits per heavy atom. The van der Waals surface area contributed by atoms with Gasteiger partial charge in [-0.25, -0.2) is 0 Å². The lowest BCUT2D eigenvalue weighted by molar-refractivity contribution is -0.119. The molecule has 0 aliphatic rings. The largest absolute Gasteiger partial charge is 0.353 e. The van der Waals surface area contributed by atoms with Gasteiger partial charge in [0.2, 0.25) is 5.91 Å². The van der Waals surface area contributed by atoms with Gasteiger partial charge in [-0.3, -0.25) is 4.79 Å². The Bertz CT molecular complexity index is 727. The third kappa shape index (κ3) is 5.10. The zero-order valence-electron chi connectivity index (χ0n) is 16.7. The van der Waals surface area contributed by atoms with Crippen molar-refractivity contribution >= 4 is 17.7 Å². The van der Waals surface area contributed by atoms with E-state index in [9.17, 15) is 4.79 Å². The first-order chi connectivity index (χ1) is 12.3. The number of hydrogen-bond donors (Lipinski definition) is 1. The number of hydrogen-bond acceptors (Lipinski definition) is 4. The quantitative estimate of drug-likeness (QED) is 0.739. The van der Waals surface area contributed by atoms with Crippen LogP contribution < -0.4 is 5.32 Å². The fourth-order valence-electron chi connectivity index (χ4n) is 2.70. The van der Waals surface area contributed by atoms with Crippen LogP contribution in [0.4, 0.5) is 0 Å². The van der Waals surface area contributed by atoms with Crippen LogP contribution in [0.25, 0.3) is 11.4 Å². The normalized spacial score (nSPS) is 11.8. The summed E-state index contributed by atoms with van der Waals surface area (Å²) in [4.78, 5) is 12.1. The predicted octanol–water partition coefficient (Wildman–Crippen LogP) is 4.18. The summed E-state index contributed by atoms with van der Waals surface area (Å²) in [6.45, 7) is 10.8. The standard InChI is InChI=1S/C20H30N4OS/c1-7-16(8-2)21-17(25)13-26-19-23-22-18(24(19)6)14-9-11-15(12-10-14)20(3,4)5/h9-12,16H,7-8,13H2,1-6H3,(H,21,25). The third-order valence-electron chi connectivity index (χ3n) is 4.53. The molecule has 1 aromatic carbocycles. The summed E-state index contributed by atoms with van der Waals surface area (Å²) >= 11 is 1.42. The first-order valence-corrected chi connectivity index (χ1v) is 10.2. The van der Waals surface area contributed by atoms with E-state index < -0.39 is 0 Å². The zero-order chi connectivity index (χ0) is 19.3.